The number of aromatic nitrogens is 28. The number of nitrogens with zero attached hydrogens (tertiary/aromatic N) is 37. The van der Waals surface area contributed by atoms with E-state index >= 15 is 0 Å². The van der Waals surface area contributed by atoms with Gasteiger partial charge in [0, 0.05) is 128 Å². The number of carbonyl (C=O) groups excluding carboxylic acids is 1. The van der Waals surface area contributed by atoms with Gasteiger partial charge in [0.1, 0.15) is 22.8 Å². The number of aryl methyl sites for hydroxylation is 4. The molecule has 1 amide bonds. The summed E-state index contributed by atoms with van der Waals surface area (Å²) < 4.78 is 21.1. The quantitative estimate of drug-likeness (QED) is 0.0677. The normalized spacial score (nSPS) is 20.6. The van der Waals surface area contributed by atoms with Gasteiger partial charge in [0.15, 0.2) is 23.3 Å². The summed E-state index contributed by atoms with van der Waals surface area (Å²) in [6.07, 6.45) is 42.1. The fraction of sp³-hybridized carbons (Fsp3) is 0.337. The van der Waals surface area contributed by atoms with Crippen molar-refractivity contribution in [2.75, 3.05) is 42.4 Å². The van der Waals surface area contributed by atoms with E-state index in [9.17, 15) is 46.9 Å². The Morgan fingerprint density at radius 3 is 1.07 bits per heavy atom. The van der Waals surface area contributed by atoms with E-state index in [4.69, 9.17) is 35.9 Å². The number of amides is 1. The Morgan fingerprint density at radius 2 is 0.748 bits per heavy atom. The zero-order valence-corrected chi connectivity index (χ0v) is 70.6. The topological polar surface area (TPSA) is 524 Å². The maximum Gasteiger partial charge on any atom is 0.222 e. The molecular formula is C86H82N40O. The molecule has 0 spiro atoms. The van der Waals surface area contributed by atoms with Crippen LogP contribution in [0.3, 0.4) is 0 Å². The molecular weight excluding hydrogens is 1610 g/mol. The molecule has 0 unspecified atom stereocenters. The molecule has 0 saturated heterocycles. The molecule has 41 nitrogen and oxygen atoms in total. The molecule has 16 heterocycles. The highest BCUT2D eigenvalue weighted by atomic mass is 16.1. The van der Waals surface area contributed by atoms with Crippen LogP contribution < -0.4 is 21.3 Å². The largest absolute Gasteiger partial charge is 0.382 e. The van der Waals surface area contributed by atoms with Crippen LogP contribution in [0.4, 0.5) is 23.3 Å². The van der Waals surface area contributed by atoms with Crippen molar-refractivity contribution < 1.29 is 4.79 Å². The lowest BCUT2D eigenvalue weighted by atomic mass is 9.58. The van der Waals surface area contributed by atoms with Crippen molar-refractivity contribution in [2.24, 2.45) is 51.4 Å². The minimum Gasteiger partial charge on any atom is -0.382 e. The molecule has 0 atom stereocenters. The highest BCUT2D eigenvalue weighted by molar-refractivity contribution is 5.95. The fourth-order valence-corrected chi connectivity index (χ4v) is 17.7. The van der Waals surface area contributed by atoms with Gasteiger partial charge in [-0.15, -0.1) is 0 Å². The molecule has 632 valence electrons. The average Bonchev–Trinajstić information content (AvgIpc) is 1.68. The number of nitriles is 8. The van der Waals surface area contributed by atoms with Gasteiger partial charge in [-0.3, -0.25) is 42.2 Å². The predicted molar refractivity (Wildman–Crippen MR) is 459 cm³/mol. The van der Waals surface area contributed by atoms with Crippen LogP contribution in [0, 0.1) is 114 Å². The molecule has 0 radical (unpaired) electrons. The molecule has 4 fully saturated rings. The highest BCUT2D eigenvalue weighted by Crippen LogP contribution is 2.56. The fourth-order valence-electron chi connectivity index (χ4n) is 17.7. The number of fused-ring (bicyclic) bond motifs is 4. The molecule has 4 N–H and O–H groups in total. The lowest BCUT2D eigenvalue weighted by Crippen LogP contribution is -2.51. The van der Waals surface area contributed by atoms with Crippen LogP contribution in [0.25, 0.3) is 112 Å². The van der Waals surface area contributed by atoms with Crippen LogP contribution in [-0.4, -0.2) is 164 Å². The molecule has 4 aliphatic rings. The summed E-state index contributed by atoms with van der Waals surface area (Å²) in [4.78, 5) is 33.5. The summed E-state index contributed by atoms with van der Waals surface area (Å²) in [5, 5.41) is 134. The molecule has 0 bridgehead atoms. The maximum absolute atomic E-state index is 12.0. The Bertz CT molecular complexity index is 7300. The first-order valence-electron chi connectivity index (χ1n) is 40.5. The number of rotatable bonds is 19. The van der Waals surface area contributed by atoms with Crippen molar-refractivity contribution in [1.82, 2.24) is 137 Å². The van der Waals surface area contributed by atoms with E-state index in [0.717, 1.165) is 84.0 Å². The second-order valence-electron chi connectivity index (χ2n) is 33.3. The minimum atomic E-state index is -0.585. The van der Waals surface area contributed by atoms with Gasteiger partial charge >= 0.3 is 0 Å². The summed E-state index contributed by atoms with van der Waals surface area (Å²) in [5.74, 6) is 1.59. The van der Waals surface area contributed by atoms with Gasteiger partial charge in [-0.1, -0.05) is 0 Å². The number of nitrogen functional groups attached to an aromatic ring is 1. The van der Waals surface area contributed by atoms with Crippen molar-refractivity contribution in [3.63, 3.8) is 0 Å². The van der Waals surface area contributed by atoms with E-state index in [0.29, 0.717) is 116 Å². The zero-order valence-electron chi connectivity index (χ0n) is 70.6. The Morgan fingerprint density at radius 1 is 0.433 bits per heavy atom. The number of hydrogen-bond acceptors (Lipinski definition) is 28. The van der Waals surface area contributed by atoms with Gasteiger partial charge in [0.25, 0.3) is 0 Å². The Labute approximate surface area is 724 Å². The van der Waals surface area contributed by atoms with Gasteiger partial charge in [0.05, 0.1) is 261 Å². The van der Waals surface area contributed by atoms with Crippen molar-refractivity contribution in [3.8, 4) is 139 Å². The number of nitrogens with two attached hydrogens (primary N) is 1. The molecule has 4 saturated carbocycles. The number of anilines is 4. The molecule has 127 heavy (non-hydrogen) atoms. The van der Waals surface area contributed by atoms with Crippen LogP contribution in [0.2, 0.25) is 0 Å². The van der Waals surface area contributed by atoms with E-state index in [1.165, 1.54) is 6.92 Å². The third-order valence-corrected chi connectivity index (χ3v) is 24.0. The van der Waals surface area contributed by atoms with Crippen molar-refractivity contribution in [2.45, 2.75) is 113 Å². The molecule has 16 aromatic rings. The average molecular weight is 1690 g/mol. The summed E-state index contributed by atoms with van der Waals surface area (Å²) in [7, 11) is 13.1. The smallest absolute Gasteiger partial charge is 0.222 e. The van der Waals surface area contributed by atoms with Crippen LogP contribution in [-0.2, 0) is 55.1 Å². The van der Waals surface area contributed by atoms with Gasteiger partial charge < -0.3 is 21.3 Å². The SMILES string of the molecule is CC(=O)Nc1nn(C2(CC#N)CC(C#N)C2)cc1-c1nc(-c2cnn(C)c2)cn2nccc12.CN(C)c1nn(C2(CC#N)CC(C#N)C2)cc1-c1nc(-c2cnn(C)c2)cn2nccc12.CNc1nn(C2(CC#N)CC(C#N)C2)cc1-c1nc(-c2cnn(C)c2)cn2nccc12.Cn1cc(-c2cn3nccc3c(-c3cn(C4(CC#N)CC(C)(C#N)C4)nc3N)n2)cn1. The highest BCUT2D eigenvalue weighted by Gasteiger charge is 2.55. The first kappa shape index (κ1) is 82.3. The van der Waals surface area contributed by atoms with Crippen LogP contribution in [0.15, 0.2) is 148 Å². The first-order valence-corrected chi connectivity index (χ1v) is 40.5. The van der Waals surface area contributed by atoms with Crippen molar-refractivity contribution in [1.29, 1.82) is 42.1 Å². The van der Waals surface area contributed by atoms with E-state index in [1.54, 1.807) is 97.4 Å². The summed E-state index contributed by atoms with van der Waals surface area (Å²) in [5.41, 5.74) is 19.1. The van der Waals surface area contributed by atoms with E-state index in [-0.39, 0.29) is 36.5 Å². The van der Waals surface area contributed by atoms with Gasteiger partial charge in [-0.25, -0.2) is 38.0 Å². The molecule has 20 rings (SSSR count). The second-order valence-corrected chi connectivity index (χ2v) is 33.3. The van der Waals surface area contributed by atoms with Crippen LogP contribution in [0.5, 0.6) is 0 Å². The third-order valence-electron chi connectivity index (χ3n) is 24.0. The van der Waals surface area contributed by atoms with Crippen LogP contribution >= 0.6 is 0 Å². The lowest BCUT2D eigenvalue weighted by Gasteiger charge is -2.50. The summed E-state index contributed by atoms with van der Waals surface area (Å²) in [6.45, 7) is 3.32. The first-order chi connectivity index (χ1) is 61.3. The Hall–Kier alpha value is -17.1. The summed E-state index contributed by atoms with van der Waals surface area (Å²) >= 11 is 0. The van der Waals surface area contributed by atoms with E-state index in [2.05, 4.69) is 110 Å². The molecule has 16 aromatic heterocycles. The van der Waals surface area contributed by atoms with Crippen molar-refractivity contribution in [3.05, 3.63) is 148 Å². The molecule has 0 aromatic carbocycles. The summed E-state index contributed by atoms with van der Waals surface area (Å²) in [6, 6.07) is 25.8. The van der Waals surface area contributed by atoms with Gasteiger partial charge in [-0.2, -0.15) is 103 Å². The Kier molecular flexibility index (Phi) is 21.0. The lowest BCUT2D eigenvalue weighted by molar-refractivity contribution is -0.114. The second kappa shape index (κ2) is 32.4. The zero-order chi connectivity index (χ0) is 89.0. The van der Waals surface area contributed by atoms with Crippen molar-refractivity contribution >= 4 is 51.2 Å². The van der Waals surface area contributed by atoms with E-state index in [1.807, 2.05) is 167 Å². The molecule has 4 aliphatic carbocycles. The minimum absolute atomic E-state index is 0.0485. The predicted octanol–water partition coefficient (Wildman–Crippen LogP) is 10.2. The molecule has 0 aliphatic heterocycles. The Balaban J connectivity index is 0.000000119. The maximum atomic E-state index is 12.0. The number of hydrogen-bond donors (Lipinski definition) is 3. The number of nitrogens with one attached hydrogen (secondary N) is 2. The number of carbonyl (C=O) groups is 1. The third kappa shape index (κ3) is 15.0. The molecule has 41 heteroatoms. The van der Waals surface area contributed by atoms with E-state index < -0.39 is 27.6 Å². The van der Waals surface area contributed by atoms with Gasteiger partial charge in [-0.05, 0) is 82.6 Å². The van der Waals surface area contributed by atoms with Crippen LogP contribution in [0.1, 0.15) is 90.9 Å². The van der Waals surface area contributed by atoms with Gasteiger partial charge in [0.2, 0.25) is 5.91 Å². The monoisotopic (exact) mass is 1690 g/mol. The standard InChI is InChI=1S/C22H20N10O.C22H22N10.2C21H20N10/c1-14(33)27-21-17(12-32(29-21)22(4-5-23)7-15(8-22)9-24)20-19-3-6-25-31(19)13-18(28-20)16-10-26-30(2)11-16;1-29(2)21-17(13-32(28-21)22(5-6-23)8-15(9-22)10-24)20-19-4-7-25-31(19)14-18(27-20)16-11-26-30(3)12-16;1-20(13-23)11-21(12-20,4-5-22)31-9-15(19(24)28-31)18-17-3-6-25-30(17)10-16(27-18)14-7-26-29(2)8-14;1-24-20-16(12-31(28-20)21(4-5-22)7-14(8-21)9-23)19-18-3-6-25-30(18)13-17(27-19)15-10-26-29(2)11-15/h3,6,10-13,15H,4,7-8H2,1-2H3,(H,27,29,33);4,7,11-15H,5,8-9H2,1-3H3;3,6-10H,4,11-12H2,1-2H3,(H2,24,28);3,6,10-14H,4,7-8H2,1-2H3,(H,24,28).